The highest BCUT2D eigenvalue weighted by Gasteiger charge is 2.12. The third kappa shape index (κ3) is 2.55. The summed E-state index contributed by atoms with van der Waals surface area (Å²) in [6, 6.07) is 9.25. The SMILES string of the molecule is c1ncc(-c2ccc(NC3CCCCC3)cc2)[nH]1. The molecule has 0 unspecified atom stereocenters. The highest BCUT2D eigenvalue weighted by Crippen LogP contribution is 2.23. The second kappa shape index (κ2) is 5.25. The molecule has 0 spiro atoms. The van der Waals surface area contributed by atoms with Crippen molar-refractivity contribution in [1.29, 1.82) is 0 Å². The zero-order chi connectivity index (χ0) is 12.2. The van der Waals surface area contributed by atoms with E-state index in [4.69, 9.17) is 0 Å². The molecule has 1 heterocycles. The Hall–Kier alpha value is -1.77. The van der Waals surface area contributed by atoms with Crippen molar-refractivity contribution in [3.05, 3.63) is 36.8 Å². The standard InChI is InChI=1S/C15H19N3/c1-2-4-13(5-3-1)18-14-8-6-12(7-9-14)15-10-16-11-17-15/h6-11,13,18H,1-5H2,(H,16,17). The van der Waals surface area contributed by atoms with Gasteiger partial charge >= 0.3 is 0 Å². The van der Waals surface area contributed by atoms with Gasteiger partial charge in [-0.25, -0.2) is 4.98 Å². The van der Waals surface area contributed by atoms with E-state index in [1.807, 2.05) is 6.20 Å². The highest BCUT2D eigenvalue weighted by molar-refractivity contribution is 5.62. The van der Waals surface area contributed by atoms with Gasteiger partial charge in [0, 0.05) is 11.7 Å². The second-order valence-electron chi connectivity index (χ2n) is 5.02. The number of imidazole rings is 1. The fraction of sp³-hybridized carbons (Fsp3) is 0.400. The third-order valence-electron chi connectivity index (χ3n) is 3.67. The van der Waals surface area contributed by atoms with Crippen molar-refractivity contribution in [3.8, 4) is 11.3 Å². The highest BCUT2D eigenvalue weighted by atomic mass is 14.9. The van der Waals surface area contributed by atoms with Crippen LogP contribution in [-0.4, -0.2) is 16.0 Å². The van der Waals surface area contributed by atoms with E-state index in [1.165, 1.54) is 43.4 Å². The van der Waals surface area contributed by atoms with E-state index in [2.05, 4.69) is 39.6 Å². The molecular formula is C15H19N3. The number of aromatic nitrogens is 2. The number of H-pyrrole nitrogens is 1. The molecule has 3 rings (SSSR count). The van der Waals surface area contributed by atoms with Gasteiger partial charge in [-0.2, -0.15) is 0 Å². The Labute approximate surface area is 108 Å². The van der Waals surface area contributed by atoms with Crippen molar-refractivity contribution in [2.45, 2.75) is 38.1 Å². The normalized spacial score (nSPS) is 16.7. The van der Waals surface area contributed by atoms with Crippen molar-refractivity contribution < 1.29 is 0 Å². The lowest BCUT2D eigenvalue weighted by Gasteiger charge is -2.23. The number of rotatable bonds is 3. The summed E-state index contributed by atoms with van der Waals surface area (Å²) in [6.07, 6.45) is 10.3. The van der Waals surface area contributed by atoms with E-state index >= 15 is 0 Å². The minimum absolute atomic E-state index is 0.664. The van der Waals surface area contributed by atoms with E-state index in [0.29, 0.717) is 6.04 Å². The van der Waals surface area contributed by atoms with Crippen molar-refractivity contribution in [2.75, 3.05) is 5.32 Å². The summed E-state index contributed by atoms with van der Waals surface area (Å²) in [6.45, 7) is 0. The number of nitrogens with one attached hydrogen (secondary N) is 2. The van der Waals surface area contributed by atoms with Gasteiger partial charge in [0.25, 0.3) is 0 Å². The molecule has 2 aromatic rings. The zero-order valence-corrected chi connectivity index (χ0v) is 10.5. The molecule has 18 heavy (non-hydrogen) atoms. The van der Waals surface area contributed by atoms with Gasteiger partial charge in [-0.05, 0) is 30.5 Å². The maximum Gasteiger partial charge on any atom is 0.0924 e. The monoisotopic (exact) mass is 241 g/mol. The van der Waals surface area contributed by atoms with E-state index in [-0.39, 0.29) is 0 Å². The van der Waals surface area contributed by atoms with Crippen LogP contribution in [0.1, 0.15) is 32.1 Å². The van der Waals surface area contributed by atoms with Gasteiger partial charge < -0.3 is 10.3 Å². The Balaban J connectivity index is 1.67. The second-order valence-corrected chi connectivity index (χ2v) is 5.02. The molecule has 2 N–H and O–H groups in total. The Morgan fingerprint density at radius 3 is 2.50 bits per heavy atom. The zero-order valence-electron chi connectivity index (χ0n) is 10.5. The molecule has 0 bridgehead atoms. The maximum atomic E-state index is 4.04. The van der Waals surface area contributed by atoms with Crippen LogP contribution in [0.15, 0.2) is 36.8 Å². The molecule has 3 heteroatoms. The van der Waals surface area contributed by atoms with Crippen LogP contribution >= 0.6 is 0 Å². The summed E-state index contributed by atoms with van der Waals surface area (Å²) in [5.41, 5.74) is 3.48. The fourth-order valence-corrected chi connectivity index (χ4v) is 2.64. The van der Waals surface area contributed by atoms with Crippen LogP contribution in [-0.2, 0) is 0 Å². The fourth-order valence-electron chi connectivity index (χ4n) is 2.64. The molecule has 0 saturated heterocycles. The topological polar surface area (TPSA) is 40.7 Å². The van der Waals surface area contributed by atoms with Gasteiger partial charge in [0.2, 0.25) is 0 Å². The van der Waals surface area contributed by atoms with Crippen LogP contribution in [0, 0.1) is 0 Å². The molecule has 94 valence electrons. The first-order valence-corrected chi connectivity index (χ1v) is 6.77. The number of aromatic amines is 1. The van der Waals surface area contributed by atoms with Crippen molar-refractivity contribution >= 4 is 5.69 Å². The van der Waals surface area contributed by atoms with Crippen LogP contribution < -0.4 is 5.32 Å². The maximum absolute atomic E-state index is 4.04. The summed E-state index contributed by atoms with van der Waals surface area (Å²) in [4.78, 5) is 7.17. The molecular weight excluding hydrogens is 222 g/mol. The lowest BCUT2D eigenvalue weighted by atomic mass is 9.95. The molecule has 3 nitrogen and oxygen atoms in total. The van der Waals surface area contributed by atoms with Gasteiger partial charge in [0.1, 0.15) is 0 Å². The number of hydrogen-bond acceptors (Lipinski definition) is 2. The first-order chi connectivity index (χ1) is 8.92. The van der Waals surface area contributed by atoms with Gasteiger partial charge in [-0.15, -0.1) is 0 Å². The van der Waals surface area contributed by atoms with Crippen LogP contribution in [0.3, 0.4) is 0 Å². The Morgan fingerprint density at radius 1 is 1.06 bits per heavy atom. The minimum atomic E-state index is 0.664. The van der Waals surface area contributed by atoms with E-state index in [9.17, 15) is 0 Å². The summed E-state index contributed by atoms with van der Waals surface area (Å²) in [5.74, 6) is 0. The van der Waals surface area contributed by atoms with Crippen molar-refractivity contribution in [3.63, 3.8) is 0 Å². The van der Waals surface area contributed by atoms with Crippen molar-refractivity contribution in [1.82, 2.24) is 9.97 Å². The van der Waals surface area contributed by atoms with Gasteiger partial charge in [0.05, 0.1) is 18.2 Å². The summed E-state index contributed by atoms with van der Waals surface area (Å²) >= 11 is 0. The molecule has 0 radical (unpaired) electrons. The van der Waals surface area contributed by atoms with Crippen LogP contribution in [0.4, 0.5) is 5.69 Å². The molecule has 0 amide bonds. The third-order valence-corrected chi connectivity index (χ3v) is 3.67. The lowest BCUT2D eigenvalue weighted by molar-refractivity contribution is 0.463. The first-order valence-electron chi connectivity index (χ1n) is 6.77. The molecule has 1 aliphatic carbocycles. The van der Waals surface area contributed by atoms with Crippen LogP contribution in [0.25, 0.3) is 11.3 Å². The summed E-state index contributed by atoms with van der Waals surface area (Å²) < 4.78 is 0. The number of hydrogen-bond donors (Lipinski definition) is 2. The Morgan fingerprint density at radius 2 is 1.83 bits per heavy atom. The number of benzene rings is 1. The van der Waals surface area contributed by atoms with E-state index in [1.54, 1.807) is 6.33 Å². The molecule has 1 aromatic heterocycles. The molecule has 1 fully saturated rings. The quantitative estimate of drug-likeness (QED) is 0.857. The smallest absolute Gasteiger partial charge is 0.0924 e. The Bertz CT molecular complexity index is 467. The minimum Gasteiger partial charge on any atom is -0.382 e. The average Bonchev–Trinajstić information content (AvgIpc) is 2.95. The number of nitrogens with zero attached hydrogens (tertiary/aromatic N) is 1. The summed E-state index contributed by atoms with van der Waals surface area (Å²) in [5, 5.41) is 3.63. The predicted molar refractivity (Wildman–Crippen MR) is 74.5 cm³/mol. The predicted octanol–water partition coefficient (Wildman–Crippen LogP) is 3.82. The number of anilines is 1. The Kier molecular flexibility index (Phi) is 3.31. The van der Waals surface area contributed by atoms with Crippen LogP contribution in [0.5, 0.6) is 0 Å². The van der Waals surface area contributed by atoms with Gasteiger partial charge in [-0.1, -0.05) is 31.4 Å². The average molecular weight is 241 g/mol. The van der Waals surface area contributed by atoms with Crippen molar-refractivity contribution in [2.24, 2.45) is 0 Å². The molecule has 1 aromatic carbocycles. The molecule has 1 saturated carbocycles. The lowest BCUT2D eigenvalue weighted by Crippen LogP contribution is -2.22. The van der Waals surface area contributed by atoms with Crippen LogP contribution in [0.2, 0.25) is 0 Å². The van der Waals surface area contributed by atoms with E-state index in [0.717, 1.165) is 5.69 Å². The molecule has 0 atom stereocenters. The molecule has 1 aliphatic rings. The first kappa shape index (κ1) is 11.3. The van der Waals surface area contributed by atoms with E-state index < -0.39 is 0 Å². The summed E-state index contributed by atoms with van der Waals surface area (Å²) in [7, 11) is 0. The molecule has 0 aliphatic heterocycles. The van der Waals surface area contributed by atoms with Gasteiger partial charge in [-0.3, -0.25) is 0 Å². The van der Waals surface area contributed by atoms with Gasteiger partial charge in [0.15, 0.2) is 0 Å². The largest absolute Gasteiger partial charge is 0.382 e.